The van der Waals surface area contributed by atoms with Crippen molar-refractivity contribution in [3.8, 4) is 0 Å². The molecule has 0 unspecified atom stereocenters. The first-order valence-electron chi connectivity index (χ1n) is 5.20. The lowest BCUT2D eigenvalue weighted by molar-refractivity contribution is 0.196. The number of para-hydroxylation sites is 1. The summed E-state index contributed by atoms with van der Waals surface area (Å²) in [6.07, 6.45) is 0.374. The van der Waals surface area contributed by atoms with Gasteiger partial charge in [0, 0.05) is 11.1 Å². The topological polar surface area (TPSA) is 33.1 Å². The van der Waals surface area contributed by atoms with Crippen LogP contribution in [0.25, 0.3) is 10.9 Å². The summed E-state index contributed by atoms with van der Waals surface area (Å²) in [5.41, 5.74) is 3.19. The van der Waals surface area contributed by atoms with Crippen molar-refractivity contribution in [2.45, 2.75) is 26.4 Å². The third-order valence-corrected chi connectivity index (χ3v) is 2.45. The Hall–Kier alpha value is -1.41. The number of nitrogens with zero attached hydrogens (tertiary/aromatic N) is 1. The van der Waals surface area contributed by atoms with E-state index < -0.39 is 0 Å². The molecular weight excluding hydrogens is 186 g/mol. The van der Waals surface area contributed by atoms with Gasteiger partial charge in [-0.3, -0.25) is 4.98 Å². The minimum Gasteiger partial charge on any atom is -0.393 e. The predicted octanol–water partition coefficient (Wildman–Crippen LogP) is 2.47. The van der Waals surface area contributed by atoms with Gasteiger partial charge in [-0.1, -0.05) is 18.2 Å². The molecule has 1 heterocycles. The maximum atomic E-state index is 9.44. The van der Waals surface area contributed by atoms with Crippen molar-refractivity contribution < 1.29 is 5.11 Å². The standard InChI is InChI=1S/C13H15NO/c1-9-7-11(8-10(2)15)12-5-3-4-6-13(12)14-9/h3-7,10,15H,8H2,1-2H3/t10-/m0/s1. The molecule has 2 rings (SSSR count). The Morgan fingerprint density at radius 3 is 2.80 bits per heavy atom. The molecule has 0 bridgehead atoms. The molecule has 0 aliphatic heterocycles. The van der Waals surface area contributed by atoms with Gasteiger partial charge in [0.05, 0.1) is 11.6 Å². The molecule has 2 heteroatoms. The van der Waals surface area contributed by atoms with Crippen LogP contribution in [0, 0.1) is 6.92 Å². The van der Waals surface area contributed by atoms with E-state index >= 15 is 0 Å². The van der Waals surface area contributed by atoms with Gasteiger partial charge >= 0.3 is 0 Å². The zero-order chi connectivity index (χ0) is 10.8. The monoisotopic (exact) mass is 201 g/mol. The first kappa shape index (κ1) is 10.1. The van der Waals surface area contributed by atoms with E-state index in [9.17, 15) is 5.11 Å². The van der Waals surface area contributed by atoms with Gasteiger partial charge in [-0.15, -0.1) is 0 Å². The van der Waals surface area contributed by atoms with Crippen molar-refractivity contribution in [1.82, 2.24) is 4.98 Å². The number of fused-ring (bicyclic) bond motifs is 1. The van der Waals surface area contributed by atoms with Crippen LogP contribution >= 0.6 is 0 Å². The molecule has 2 aromatic rings. The van der Waals surface area contributed by atoms with E-state index in [4.69, 9.17) is 0 Å². The summed E-state index contributed by atoms with van der Waals surface area (Å²) in [6.45, 7) is 3.79. The summed E-state index contributed by atoms with van der Waals surface area (Å²) < 4.78 is 0. The maximum Gasteiger partial charge on any atom is 0.0707 e. The Kier molecular flexibility index (Phi) is 2.69. The van der Waals surface area contributed by atoms with Gasteiger partial charge in [0.15, 0.2) is 0 Å². The second kappa shape index (κ2) is 3.99. The minimum atomic E-state index is -0.310. The number of aliphatic hydroxyl groups is 1. The van der Waals surface area contributed by atoms with E-state index in [1.54, 1.807) is 0 Å². The van der Waals surface area contributed by atoms with E-state index in [0.29, 0.717) is 6.42 Å². The molecule has 0 radical (unpaired) electrons. The first-order valence-corrected chi connectivity index (χ1v) is 5.20. The van der Waals surface area contributed by atoms with Crippen LogP contribution in [0.4, 0.5) is 0 Å². The van der Waals surface area contributed by atoms with Gasteiger partial charge in [-0.2, -0.15) is 0 Å². The average molecular weight is 201 g/mol. The Morgan fingerprint density at radius 2 is 2.07 bits per heavy atom. The molecule has 2 nitrogen and oxygen atoms in total. The van der Waals surface area contributed by atoms with E-state index in [2.05, 4.69) is 17.1 Å². The van der Waals surface area contributed by atoms with Crippen LogP contribution in [-0.4, -0.2) is 16.2 Å². The predicted molar refractivity (Wildman–Crippen MR) is 61.9 cm³/mol. The Labute approximate surface area is 89.6 Å². The van der Waals surface area contributed by atoms with E-state index in [1.807, 2.05) is 32.0 Å². The number of aliphatic hydroxyl groups excluding tert-OH is 1. The van der Waals surface area contributed by atoms with Crippen LogP contribution in [0.15, 0.2) is 30.3 Å². The van der Waals surface area contributed by atoms with Gasteiger partial charge in [-0.05, 0) is 38.0 Å². The van der Waals surface area contributed by atoms with Gasteiger partial charge in [0.25, 0.3) is 0 Å². The molecule has 0 spiro atoms. The van der Waals surface area contributed by atoms with Gasteiger partial charge in [0.2, 0.25) is 0 Å². The number of aryl methyl sites for hydroxylation is 1. The number of benzene rings is 1. The SMILES string of the molecule is Cc1cc(C[C@H](C)O)c2ccccc2n1. The van der Waals surface area contributed by atoms with Crippen LogP contribution < -0.4 is 0 Å². The molecule has 1 aromatic carbocycles. The number of pyridine rings is 1. The fourth-order valence-electron chi connectivity index (χ4n) is 1.88. The highest BCUT2D eigenvalue weighted by Crippen LogP contribution is 2.19. The molecular formula is C13H15NO. The smallest absolute Gasteiger partial charge is 0.0707 e. The highest BCUT2D eigenvalue weighted by atomic mass is 16.3. The molecule has 0 fully saturated rings. The van der Waals surface area contributed by atoms with Crippen molar-refractivity contribution >= 4 is 10.9 Å². The fraction of sp³-hybridized carbons (Fsp3) is 0.308. The van der Waals surface area contributed by atoms with Gasteiger partial charge in [-0.25, -0.2) is 0 Å². The van der Waals surface area contributed by atoms with Crippen molar-refractivity contribution in [2.24, 2.45) is 0 Å². The van der Waals surface area contributed by atoms with E-state index in [-0.39, 0.29) is 6.10 Å². The molecule has 1 atom stereocenters. The number of hydrogen-bond donors (Lipinski definition) is 1. The summed E-state index contributed by atoms with van der Waals surface area (Å²) in [4.78, 5) is 4.46. The van der Waals surface area contributed by atoms with Gasteiger partial charge in [0.1, 0.15) is 0 Å². The quantitative estimate of drug-likeness (QED) is 0.809. The number of rotatable bonds is 2. The lowest BCUT2D eigenvalue weighted by Crippen LogP contribution is -2.05. The second-order valence-electron chi connectivity index (χ2n) is 3.99. The second-order valence-corrected chi connectivity index (χ2v) is 3.99. The van der Waals surface area contributed by atoms with Crippen LogP contribution in [0.5, 0.6) is 0 Å². The number of hydrogen-bond acceptors (Lipinski definition) is 2. The Bertz CT molecular complexity index is 477. The van der Waals surface area contributed by atoms with Crippen LogP contribution in [0.3, 0.4) is 0 Å². The summed E-state index contributed by atoms with van der Waals surface area (Å²) in [7, 11) is 0. The highest BCUT2D eigenvalue weighted by molar-refractivity contribution is 5.82. The zero-order valence-corrected chi connectivity index (χ0v) is 9.07. The molecule has 0 aliphatic carbocycles. The Balaban J connectivity index is 2.60. The third-order valence-electron chi connectivity index (χ3n) is 2.45. The molecule has 0 aliphatic rings. The molecule has 78 valence electrons. The normalized spacial score (nSPS) is 13.0. The van der Waals surface area contributed by atoms with Crippen molar-refractivity contribution in [3.05, 3.63) is 41.6 Å². The lowest BCUT2D eigenvalue weighted by Gasteiger charge is -2.09. The number of aromatic nitrogens is 1. The molecule has 1 aromatic heterocycles. The third kappa shape index (κ3) is 2.16. The summed E-state index contributed by atoms with van der Waals surface area (Å²) in [5.74, 6) is 0. The molecule has 15 heavy (non-hydrogen) atoms. The largest absolute Gasteiger partial charge is 0.393 e. The van der Waals surface area contributed by atoms with Gasteiger partial charge < -0.3 is 5.11 Å². The summed E-state index contributed by atoms with van der Waals surface area (Å²) >= 11 is 0. The Morgan fingerprint density at radius 1 is 1.33 bits per heavy atom. The average Bonchev–Trinajstić information content (AvgIpc) is 2.16. The minimum absolute atomic E-state index is 0.310. The fourth-order valence-corrected chi connectivity index (χ4v) is 1.88. The summed E-state index contributed by atoms with van der Waals surface area (Å²) in [5, 5.41) is 10.6. The summed E-state index contributed by atoms with van der Waals surface area (Å²) in [6, 6.07) is 10.1. The van der Waals surface area contributed by atoms with E-state index in [1.165, 1.54) is 5.56 Å². The molecule has 0 saturated heterocycles. The van der Waals surface area contributed by atoms with Crippen molar-refractivity contribution in [1.29, 1.82) is 0 Å². The van der Waals surface area contributed by atoms with Crippen LogP contribution in [0.2, 0.25) is 0 Å². The van der Waals surface area contributed by atoms with Crippen LogP contribution in [0.1, 0.15) is 18.2 Å². The van der Waals surface area contributed by atoms with Crippen LogP contribution in [-0.2, 0) is 6.42 Å². The van der Waals surface area contributed by atoms with E-state index in [0.717, 1.165) is 16.6 Å². The van der Waals surface area contributed by atoms with Crippen molar-refractivity contribution in [3.63, 3.8) is 0 Å². The molecule has 1 N–H and O–H groups in total. The lowest BCUT2D eigenvalue weighted by atomic mass is 10.0. The molecule has 0 amide bonds. The van der Waals surface area contributed by atoms with Crippen molar-refractivity contribution in [2.75, 3.05) is 0 Å². The molecule has 0 saturated carbocycles. The zero-order valence-electron chi connectivity index (χ0n) is 9.07. The first-order chi connectivity index (χ1) is 7.16. The maximum absolute atomic E-state index is 9.44. The highest BCUT2D eigenvalue weighted by Gasteiger charge is 2.05.